The van der Waals surface area contributed by atoms with Crippen LogP contribution < -0.4 is 10.6 Å². The van der Waals surface area contributed by atoms with Gasteiger partial charge in [-0.2, -0.15) is 0 Å². The van der Waals surface area contributed by atoms with Gasteiger partial charge in [0.1, 0.15) is 12.7 Å². The van der Waals surface area contributed by atoms with Crippen molar-refractivity contribution < 1.29 is 38.3 Å². The molecule has 43 heavy (non-hydrogen) atoms. The fourth-order valence-electron chi connectivity index (χ4n) is 3.28. The Bertz CT molecular complexity index is 957. The molecule has 0 bridgehead atoms. The zero-order valence-corrected chi connectivity index (χ0v) is 26.6. The van der Waals surface area contributed by atoms with Crippen LogP contribution in [-0.4, -0.2) is 65.7 Å². The van der Waals surface area contributed by atoms with Crippen LogP contribution in [0, 0.1) is 5.41 Å². The van der Waals surface area contributed by atoms with E-state index in [4.69, 9.17) is 9.29 Å². The van der Waals surface area contributed by atoms with Crippen molar-refractivity contribution in [3.63, 3.8) is 0 Å². The molecular weight excluding hydrogens is 572 g/mol. The molecule has 242 valence electrons. The van der Waals surface area contributed by atoms with Crippen LogP contribution in [-0.2, 0) is 23.3 Å². The molecule has 0 aliphatic rings. The van der Waals surface area contributed by atoms with Gasteiger partial charge in [0.25, 0.3) is 0 Å². The number of hydrogen-bond acceptors (Lipinski definition) is 8. The van der Waals surface area contributed by atoms with Crippen LogP contribution in [0.5, 0.6) is 0 Å². The highest BCUT2D eigenvalue weighted by Gasteiger charge is 2.35. The van der Waals surface area contributed by atoms with Gasteiger partial charge < -0.3 is 29.8 Å². The van der Waals surface area contributed by atoms with Crippen molar-refractivity contribution in [2.45, 2.75) is 84.7 Å². The maximum absolute atomic E-state index is 12.1. The molecular formula is C32H50N2O8S. The number of carbonyl (C=O) groups excluding carboxylic acids is 3. The van der Waals surface area contributed by atoms with Gasteiger partial charge in [-0.25, -0.2) is 4.79 Å². The van der Waals surface area contributed by atoms with Crippen molar-refractivity contribution in [2.75, 3.05) is 25.4 Å². The van der Waals surface area contributed by atoms with Gasteiger partial charge in [0.15, 0.2) is 0 Å². The first kappa shape index (κ1) is 39.7. The molecule has 10 nitrogen and oxygen atoms in total. The van der Waals surface area contributed by atoms with E-state index in [-0.39, 0.29) is 38.0 Å². The van der Waals surface area contributed by atoms with Crippen molar-refractivity contribution >= 4 is 36.0 Å². The van der Waals surface area contributed by atoms with Crippen LogP contribution in [0.25, 0.3) is 0 Å². The van der Waals surface area contributed by atoms with Crippen LogP contribution in [0.15, 0.2) is 60.8 Å². The maximum Gasteiger partial charge on any atom is 0.505 e. The lowest BCUT2D eigenvalue weighted by molar-refractivity contribution is -0.137. The summed E-state index contributed by atoms with van der Waals surface area (Å²) < 4.78 is 9.54. The summed E-state index contributed by atoms with van der Waals surface area (Å²) in [7, 11) is 0. The van der Waals surface area contributed by atoms with E-state index in [2.05, 4.69) is 83.1 Å². The third-order valence-electron chi connectivity index (χ3n) is 5.78. The SMILES string of the molecule is CCC=CCC=CCC=CCC=CCC=CCCCC(=O)OSCCNC(=O)CCNC(=O)C(O)C(C)(C)COC(=O)O. The Morgan fingerprint density at radius 3 is 1.93 bits per heavy atom. The van der Waals surface area contributed by atoms with E-state index in [9.17, 15) is 24.3 Å². The fourth-order valence-corrected chi connectivity index (χ4v) is 3.76. The highest BCUT2D eigenvalue weighted by Crippen LogP contribution is 2.21. The molecule has 0 saturated carbocycles. The number of aliphatic hydroxyl groups is 1. The number of carbonyl (C=O) groups is 4. The predicted molar refractivity (Wildman–Crippen MR) is 171 cm³/mol. The number of unbranched alkanes of at least 4 members (excludes halogenated alkanes) is 1. The lowest BCUT2D eigenvalue weighted by Gasteiger charge is -2.28. The minimum atomic E-state index is -1.51. The zero-order chi connectivity index (χ0) is 32.2. The summed E-state index contributed by atoms with van der Waals surface area (Å²) in [5.74, 6) is -0.959. The summed E-state index contributed by atoms with van der Waals surface area (Å²) >= 11 is 0.975. The molecule has 0 spiro atoms. The molecule has 1 atom stereocenters. The number of ether oxygens (including phenoxy) is 1. The van der Waals surface area contributed by atoms with E-state index in [0.717, 1.165) is 50.6 Å². The lowest BCUT2D eigenvalue weighted by Crippen LogP contribution is -2.46. The summed E-state index contributed by atoms with van der Waals surface area (Å²) in [6.07, 6.45) is 25.1. The molecule has 0 fully saturated rings. The molecule has 0 aromatic carbocycles. The third-order valence-corrected chi connectivity index (χ3v) is 6.45. The minimum Gasteiger partial charge on any atom is -0.450 e. The first-order chi connectivity index (χ1) is 20.6. The second-order valence-electron chi connectivity index (χ2n) is 10.2. The molecule has 11 heteroatoms. The average molecular weight is 623 g/mol. The van der Waals surface area contributed by atoms with Gasteiger partial charge in [0, 0.05) is 37.1 Å². The topological polar surface area (TPSA) is 151 Å². The first-order valence-electron chi connectivity index (χ1n) is 14.8. The number of nitrogens with one attached hydrogen (secondary N) is 2. The quantitative estimate of drug-likeness (QED) is 0.0453. The zero-order valence-electron chi connectivity index (χ0n) is 25.8. The molecule has 0 aliphatic carbocycles. The van der Waals surface area contributed by atoms with Gasteiger partial charge in [0.05, 0.1) is 12.0 Å². The summed E-state index contributed by atoms with van der Waals surface area (Å²) in [6.45, 7) is 5.04. The molecule has 0 aromatic rings. The maximum atomic E-state index is 12.1. The normalized spacial score (nSPS) is 12.9. The summed E-state index contributed by atoms with van der Waals surface area (Å²) in [5.41, 5.74) is -1.13. The Balaban J connectivity index is 3.76. The molecule has 0 heterocycles. The Hall–Kier alpha value is -3.31. The van der Waals surface area contributed by atoms with Gasteiger partial charge in [-0.05, 0) is 44.9 Å². The Morgan fingerprint density at radius 2 is 1.37 bits per heavy atom. The summed E-state index contributed by atoms with van der Waals surface area (Å²) in [4.78, 5) is 46.3. The minimum absolute atomic E-state index is 0.00237. The monoisotopic (exact) mass is 622 g/mol. The van der Waals surface area contributed by atoms with Crippen LogP contribution in [0.4, 0.5) is 4.79 Å². The molecule has 0 radical (unpaired) electrons. The number of aliphatic hydroxyl groups excluding tert-OH is 1. The highest BCUT2D eigenvalue weighted by atomic mass is 32.2. The van der Waals surface area contributed by atoms with Crippen molar-refractivity contribution in [3.8, 4) is 0 Å². The second-order valence-corrected chi connectivity index (χ2v) is 11.0. The van der Waals surface area contributed by atoms with Crippen LogP contribution in [0.1, 0.15) is 78.6 Å². The van der Waals surface area contributed by atoms with Gasteiger partial charge >= 0.3 is 12.1 Å². The van der Waals surface area contributed by atoms with Crippen LogP contribution in [0.2, 0.25) is 0 Å². The van der Waals surface area contributed by atoms with Crippen LogP contribution in [0.3, 0.4) is 0 Å². The Kier molecular flexibility index (Phi) is 24.3. The molecule has 0 aromatic heterocycles. The van der Waals surface area contributed by atoms with Crippen molar-refractivity contribution in [1.29, 1.82) is 0 Å². The molecule has 2 amide bonds. The lowest BCUT2D eigenvalue weighted by atomic mass is 9.87. The Morgan fingerprint density at radius 1 is 0.814 bits per heavy atom. The standard InChI is InChI=1S/C32H50N2O8S/c1-4-5-6-7-8-9-10-11-12-13-14-15-16-17-18-19-20-21-28(36)42-43-25-24-33-27(35)22-23-34-30(38)29(37)32(2,3)26-41-31(39)40/h5-6,8-9,11-12,14-15,17-18,29,37H,4,7,10,13,16,19-26H2,1-3H3,(H,33,35)(H,34,38)(H,39,40). The van der Waals surface area contributed by atoms with E-state index in [1.165, 1.54) is 13.8 Å². The van der Waals surface area contributed by atoms with Crippen molar-refractivity contribution in [1.82, 2.24) is 10.6 Å². The third kappa shape index (κ3) is 24.9. The van der Waals surface area contributed by atoms with E-state index in [1.807, 2.05) is 0 Å². The van der Waals surface area contributed by atoms with E-state index >= 15 is 0 Å². The number of carboxylic acid groups (broad SMARTS) is 1. The highest BCUT2D eigenvalue weighted by molar-refractivity contribution is 7.95. The van der Waals surface area contributed by atoms with Crippen molar-refractivity contribution in [3.05, 3.63) is 60.8 Å². The van der Waals surface area contributed by atoms with E-state index in [0.29, 0.717) is 18.6 Å². The summed E-state index contributed by atoms with van der Waals surface area (Å²) in [6, 6.07) is 0. The second kappa shape index (κ2) is 26.3. The molecule has 0 saturated heterocycles. The molecule has 1 unspecified atom stereocenters. The predicted octanol–water partition coefficient (Wildman–Crippen LogP) is 5.80. The molecule has 4 N–H and O–H groups in total. The van der Waals surface area contributed by atoms with Gasteiger partial charge in [0.2, 0.25) is 11.8 Å². The fraction of sp³-hybridized carbons (Fsp3) is 0.562. The van der Waals surface area contributed by atoms with E-state index < -0.39 is 23.6 Å². The number of amides is 2. The summed E-state index contributed by atoms with van der Waals surface area (Å²) in [5, 5.41) is 23.8. The van der Waals surface area contributed by atoms with Gasteiger partial charge in [-0.1, -0.05) is 81.5 Å². The number of hydrogen-bond donors (Lipinski definition) is 4. The van der Waals surface area contributed by atoms with Gasteiger partial charge in [-0.15, -0.1) is 0 Å². The first-order valence-corrected chi connectivity index (χ1v) is 15.7. The largest absolute Gasteiger partial charge is 0.505 e. The molecule has 0 aliphatic heterocycles. The van der Waals surface area contributed by atoms with Gasteiger partial charge in [-0.3, -0.25) is 14.4 Å². The Labute approximate surface area is 260 Å². The number of allylic oxidation sites excluding steroid dienone is 10. The average Bonchev–Trinajstić information content (AvgIpc) is 2.97. The number of rotatable bonds is 24. The smallest absolute Gasteiger partial charge is 0.450 e. The molecule has 0 rings (SSSR count). The van der Waals surface area contributed by atoms with Crippen LogP contribution >= 0.6 is 12.0 Å². The van der Waals surface area contributed by atoms with E-state index in [1.54, 1.807) is 0 Å². The van der Waals surface area contributed by atoms with Crippen molar-refractivity contribution in [2.24, 2.45) is 5.41 Å².